The van der Waals surface area contributed by atoms with E-state index in [-0.39, 0.29) is 0 Å². The maximum Gasteiger partial charge on any atom is 0.0871 e. The van der Waals surface area contributed by atoms with Crippen molar-refractivity contribution in [3.05, 3.63) is 11.3 Å². The summed E-state index contributed by atoms with van der Waals surface area (Å²) in [6.45, 7) is 4.62. The van der Waals surface area contributed by atoms with Crippen LogP contribution in [0.2, 0.25) is 13.1 Å². The van der Waals surface area contributed by atoms with Crippen molar-refractivity contribution in [3.8, 4) is 0 Å². The fourth-order valence-electron chi connectivity index (χ4n) is 0.808. The van der Waals surface area contributed by atoms with Gasteiger partial charge in [0.05, 0.1) is 8.07 Å². The average Bonchev–Trinajstić information content (AvgIpc) is 2.50. The Morgan fingerprint density at radius 2 is 2.11 bits per heavy atom. The van der Waals surface area contributed by atoms with E-state index >= 15 is 0 Å². The van der Waals surface area contributed by atoms with E-state index in [4.69, 9.17) is 11.6 Å². The summed E-state index contributed by atoms with van der Waals surface area (Å²) in [6.07, 6.45) is 2.68. The lowest BCUT2D eigenvalue weighted by molar-refractivity contribution is 1.50. The molecule has 0 radical (unpaired) electrons. The molecule has 1 saturated carbocycles. The third-order valence-electron chi connectivity index (χ3n) is 1.48. The van der Waals surface area contributed by atoms with Gasteiger partial charge in [0.1, 0.15) is 0 Å². The van der Waals surface area contributed by atoms with Crippen LogP contribution in [-0.2, 0) is 0 Å². The molecule has 0 aromatic carbocycles. The zero-order valence-corrected chi connectivity index (χ0v) is 7.83. The fraction of sp³-hybridized carbons (Fsp3) is 0.714. The van der Waals surface area contributed by atoms with Crippen molar-refractivity contribution in [2.45, 2.75) is 25.9 Å². The minimum Gasteiger partial charge on any atom is -0.130 e. The molecular weight excluding hydrogens is 148 g/mol. The lowest BCUT2D eigenvalue weighted by Gasteiger charge is -2.11. The summed E-state index contributed by atoms with van der Waals surface area (Å²) < 4.78 is 0. The van der Waals surface area contributed by atoms with Gasteiger partial charge in [-0.05, 0) is 12.8 Å². The number of hydrogen-bond donors (Lipinski definition) is 0. The summed E-state index contributed by atoms with van der Waals surface area (Å²) in [5, 5.41) is 0. The van der Waals surface area contributed by atoms with Crippen LogP contribution in [0, 0.1) is 0 Å². The second-order valence-electron chi connectivity index (χ2n) is 3.42. The van der Waals surface area contributed by atoms with Crippen LogP contribution in [0.25, 0.3) is 0 Å². The molecule has 0 amide bonds. The predicted octanol–water partition coefficient (Wildman–Crippen LogP) is 2.73. The van der Waals surface area contributed by atoms with Crippen LogP contribution in [-0.4, -0.2) is 13.6 Å². The van der Waals surface area contributed by atoms with E-state index in [1.54, 1.807) is 5.57 Å². The lowest BCUT2D eigenvalue weighted by atomic mass is 10.7. The van der Waals surface area contributed by atoms with Gasteiger partial charge in [0.2, 0.25) is 0 Å². The molecule has 0 aliphatic heterocycles. The molecule has 1 aliphatic carbocycles. The zero-order valence-electron chi connectivity index (χ0n) is 6.08. The van der Waals surface area contributed by atoms with Crippen LogP contribution in [0.1, 0.15) is 12.8 Å². The normalized spacial score (nSPS) is 17.9. The molecule has 52 valence electrons. The van der Waals surface area contributed by atoms with Crippen molar-refractivity contribution in [2.24, 2.45) is 0 Å². The van der Waals surface area contributed by atoms with Crippen molar-refractivity contribution in [1.29, 1.82) is 0 Å². The molecule has 1 fully saturated rings. The highest BCUT2D eigenvalue weighted by Crippen LogP contribution is 2.29. The van der Waals surface area contributed by atoms with Crippen molar-refractivity contribution in [2.75, 3.05) is 5.50 Å². The number of hydrogen-bond acceptors (Lipinski definition) is 0. The van der Waals surface area contributed by atoms with Crippen molar-refractivity contribution in [1.82, 2.24) is 0 Å². The van der Waals surface area contributed by atoms with E-state index in [2.05, 4.69) is 18.8 Å². The number of rotatable bonds is 2. The summed E-state index contributed by atoms with van der Waals surface area (Å²) in [7, 11) is -1.07. The molecule has 9 heavy (non-hydrogen) atoms. The maximum atomic E-state index is 5.78. The van der Waals surface area contributed by atoms with Gasteiger partial charge in [-0.25, -0.2) is 0 Å². The first kappa shape index (κ1) is 7.36. The van der Waals surface area contributed by atoms with Crippen molar-refractivity contribution >= 4 is 19.7 Å². The van der Waals surface area contributed by atoms with Gasteiger partial charge in [-0.3, -0.25) is 0 Å². The van der Waals surface area contributed by atoms with Crippen molar-refractivity contribution < 1.29 is 0 Å². The van der Waals surface area contributed by atoms with Gasteiger partial charge in [-0.1, -0.05) is 24.4 Å². The van der Waals surface area contributed by atoms with Gasteiger partial charge in [-0.2, -0.15) is 0 Å². The van der Waals surface area contributed by atoms with E-state index in [9.17, 15) is 0 Å². The second-order valence-corrected chi connectivity index (χ2v) is 8.76. The van der Waals surface area contributed by atoms with E-state index in [0.717, 1.165) is 5.50 Å². The molecule has 2 heteroatoms. The van der Waals surface area contributed by atoms with Crippen LogP contribution in [0.15, 0.2) is 11.3 Å². The minimum atomic E-state index is -1.07. The maximum absolute atomic E-state index is 5.78. The van der Waals surface area contributed by atoms with Crippen LogP contribution in [0.3, 0.4) is 0 Å². The molecule has 0 aromatic rings. The van der Waals surface area contributed by atoms with Gasteiger partial charge in [-0.15, -0.1) is 11.6 Å². The average molecular weight is 161 g/mol. The Kier molecular flexibility index (Phi) is 2.02. The molecular formula is C7H13ClSi. The Morgan fingerprint density at radius 3 is 2.44 bits per heavy atom. The van der Waals surface area contributed by atoms with Crippen LogP contribution in [0.5, 0.6) is 0 Å². The van der Waals surface area contributed by atoms with Gasteiger partial charge in [0, 0.05) is 5.50 Å². The molecule has 0 atom stereocenters. The highest BCUT2D eigenvalue weighted by Gasteiger charge is 2.20. The Hall–Kier alpha value is 0.247. The summed E-state index contributed by atoms with van der Waals surface area (Å²) >= 11 is 5.78. The van der Waals surface area contributed by atoms with Crippen LogP contribution in [0.4, 0.5) is 0 Å². The molecule has 1 rings (SSSR count). The number of alkyl halides is 1. The van der Waals surface area contributed by atoms with E-state index in [1.807, 2.05) is 0 Å². The molecule has 0 N–H and O–H groups in total. The third-order valence-corrected chi connectivity index (χ3v) is 5.42. The third kappa shape index (κ3) is 2.54. The van der Waals surface area contributed by atoms with E-state index in [0.29, 0.717) is 0 Å². The molecule has 0 saturated heterocycles. The zero-order chi connectivity index (χ0) is 6.91. The molecule has 1 aliphatic rings. The highest BCUT2D eigenvalue weighted by molar-refractivity contribution is 6.87. The second kappa shape index (κ2) is 2.47. The first-order chi connectivity index (χ1) is 4.14. The van der Waals surface area contributed by atoms with Crippen LogP contribution >= 0.6 is 11.6 Å². The molecule has 0 unspecified atom stereocenters. The number of halogens is 1. The van der Waals surface area contributed by atoms with Crippen molar-refractivity contribution in [3.63, 3.8) is 0 Å². The molecule has 0 heterocycles. The summed E-state index contributed by atoms with van der Waals surface area (Å²) in [6, 6.07) is 0. The molecule has 0 bridgehead atoms. The van der Waals surface area contributed by atoms with Gasteiger partial charge < -0.3 is 0 Å². The predicted molar refractivity (Wildman–Crippen MR) is 45.5 cm³/mol. The summed E-state index contributed by atoms with van der Waals surface area (Å²) in [5.74, 6) is 0. The Morgan fingerprint density at radius 1 is 1.56 bits per heavy atom. The topological polar surface area (TPSA) is 0 Å². The largest absolute Gasteiger partial charge is 0.130 e. The van der Waals surface area contributed by atoms with Crippen LogP contribution < -0.4 is 0 Å². The first-order valence-corrected chi connectivity index (χ1v) is 7.22. The smallest absolute Gasteiger partial charge is 0.0871 e. The monoisotopic (exact) mass is 160 g/mol. The standard InChI is InChI=1S/C7H13ClSi/c1-9(2,6-8)5-7-3-4-7/h5H,3-4,6H2,1-2H3. The van der Waals surface area contributed by atoms with Gasteiger partial charge >= 0.3 is 0 Å². The summed E-state index contributed by atoms with van der Waals surface area (Å²) in [5.41, 5.74) is 4.96. The quantitative estimate of drug-likeness (QED) is 0.431. The summed E-state index contributed by atoms with van der Waals surface area (Å²) in [4.78, 5) is 0. The van der Waals surface area contributed by atoms with E-state index in [1.165, 1.54) is 12.8 Å². The Balaban J connectivity index is 2.48. The molecule has 0 aromatic heterocycles. The molecule has 0 spiro atoms. The number of allylic oxidation sites excluding steroid dienone is 1. The molecule has 0 nitrogen and oxygen atoms in total. The Bertz CT molecular complexity index is 132. The van der Waals surface area contributed by atoms with Gasteiger partial charge in [0.25, 0.3) is 0 Å². The SMILES string of the molecule is C[Si](C)(C=C1CC1)CCl. The first-order valence-electron chi connectivity index (χ1n) is 3.41. The van der Waals surface area contributed by atoms with E-state index < -0.39 is 8.07 Å². The fourth-order valence-corrected chi connectivity index (χ4v) is 2.51. The Labute approximate surface area is 62.9 Å². The van der Waals surface area contributed by atoms with Gasteiger partial charge in [0.15, 0.2) is 0 Å². The minimum absolute atomic E-state index is 0.872. The highest BCUT2D eigenvalue weighted by atomic mass is 35.5. The lowest BCUT2D eigenvalue weighted by Crippen LogP contribution is -2.25.